The van der Waals surface area contributed by atoms with E-state index < -0.39 is 23.2 Å². The Labute approximate surface area is 165 Å². The predicted octanol–water partition coefficient (Wildman–Crippen LogP) is 5.65. The summed E-state index contributed by atoms with van der Waals surface area (Å²) in [6.07, 6.45) is 1.11. The number of nitrogens with zero attached hydrogens (tertiary/aromatic N) is 1. The van der Waals surface area contributed by atoms with Gasteiger partial charge >= 0.3 is 12.1 Å². The van der Waals surface area contributed by atoms with Crippen LogP contribution in [0.3, 0.4) is 0 Å². The quantitative estimate of drug-likeness (QED) is 0.367. The van der Waals surface area contributed by atoms with Crippen LogP contribution in [0.5, 0.6) is 5.75 Å². The Balaban J connectivity index is 1.81. The molecule has 1 aliphatic rings. The number of rotatable bonds is 5. The molecule has 0 saturated heterocycles. The van der Waals surface area contributed by atoms with E-state index in [4.69, 9.17) is 4.74 Å². The summed E-state index contributed by atoms with van der Waals surface area (Å²) in [5.74, 6) is -0.136. The van der Waals surface area contributed by atoms with Gasteiger partial charge in [0.05, 0.1) is 11.1 Å². The number of benzene rings is 2. The highest BCUT2D eigenvalue weighted by molar-refractivity contribution is 7.98. The lowest BCUT2D eigenvalue weighted by Crippen LogP contribution is -2.19. The third kappa shape index (κ3) is 4.14. The van der Waals surface area contributed by atoms with E-state index in [1.54, 1.807) is 30.0 Å². The normalized spacial score (nSPS) is 18.8. The molecule has 0 aliphatic carbocycles. The molecule has 0 N–H and O–H groups in total. The molecule has 0 amide bonds. The molecule has 0 radical (unpaired) electrons. The summed E-state index contributed by atoms with van der Waals surface area (Å²) in [7, 11) is 0. The fourth-order valence-corrected chi connectivity index (χ4v) is 3.35. The first-order valence-corrected chi connectivity index (χ1v) is 9.82. The van der Waals surface area contributed by atoms with E-state index in [-0.39, 0.29) is 5.57 Å². The maximum Gasteiger partial charge on any atom is 0.416 e. The highest BCUT2D eigenvalue weighted by Gasteiger charge is 2.35. The van der Waals surface area contributed by atoms with Crippen LogP contribution in [0.2, 0.25) is 0 Å². The second-order valence-electron chi connectivity index (χ2n) is 6.28. The van der Waals surface area contributed by atoms with Crippen LogP contribution >= 0.6 is 11.8 Å². The summed E-state index contributed by atoms with van der Waals surface area (Å²) >= 11 is 1.58. The van der Waals surface area contributed by atoms with Crippen molar-refractivity contribution in [2.45, 2.75) is 30.0 Å². The van der Waals surface area contributed by atoms with Gasteiger partial charge in [-0.2, -0.15) is 13.2 Å². The minimum atomic E-state index is -4.40. The second kappa shape index (κ2) is 7.83. The van der Waals surface area contributed by atoms with Gasteiger partial charge in [0.15, 0.2) is 0 Å². The second-order valence-corrected chi connectivity index (χ2v) is 7.16. The third-order valence-corrected chi connectivity index (χ3v) is 5.33. The average molecular weight is 405 g/mol. The minimum absolute atomic E-state index is 0.274. The van der Waals surface area contributed by atoms with E-state index in [1.165, 1.54) is 18.3 Å². The summed E-state index contributed by atoms with van der Waals surface area (Å²) in [5.41, 5.74) is -0.731. The van der Waals surface area contributed by atoms with Crippen molar-refractivity contribution < 1.29 is 22.7 Å². The third-order valence-electron chi connectivity index (χ3n) is 4.59. The van der Waals surface area contributed by atoms with Crippen LogP contribution in [0.1, 0.15) is 24.5 Å². The lowest BCUT2D eigenvalue weighted by atomic mass is 9.87. The number of ether oxygens (including phenoxy) is 1. The molecule has 1 unspecified atom stereocenters. The van der Waals surface area contributed by atoms with E-state index in [1.807, 2.05) is 25.3 Å². The first-order valence-electron chi connectivity index (χ1n) is 8.59. The van der Waals surface area contributed by atoms with Gasteiger partial charge in [0.2, 0.25) is 0 Å². The van der Waals surface area contributed by atoms with Gasteiger partial charge in [-0.25, -0.2) is 4.79 Å². The first kappa shape index (κ1) is 20.2. The molecule has 2 aromatic carbocycles. The number of alkyl halides is 3. The molecule has 0 fully saturated rings. The van der Waals surface area contributed by atoms with Gasteiger partial charge in [-0.3, -0.25) is 4.99 Å². The molecule has 3 rings (SSSR count). The number of carbonyl (C=O) groups excluding carboxylic acids is 1. The Kier molecular flexibility index (Phi) is 5.65. The van der Waals surface area contributed by atoms with Crippen LogP contribution in [-0.4, -0.2) is 18.4 Å². The average Bonchev–Trinajstić information content (AvgIpc) is 3.14. The Morgan fingerprint density at radius 2 is 1.75 bits per heavy atom. The molecule has 0 spiro atoms. The zero-order valence-electron chi connectivity index (χ0n) is 15.3. The predicted molar refractivity (Wildman–Crippen MR) is 104 cm³/mol. The molecule has 1 atom stereocenters. The van der Waals surface area contributed by atoms with Gasteiger partial charge in [-0.05, 0) is 60.7 Å². The largest absolute Gasteiger partial charge is 0.423 e. The molecule has 146 valence electrons. The number of aliphatic imine (C=N–C) groups is 1. The number of thioether (sulfide) groups is 1. The zero-order chi connectivity index (χ0) is 20.4. The summed E-state index contributed by atoms with van der Waals surface area (Å²) in [4.78, 5) is 17.9. The maximum absolute atomic E-state index is 12.8. The molecular formula is C21H18F3NO2S. The van der Waals surface area contributed by atoms with Gasteiger partial charge in [0.25, 0.3) is 0 Å². The zero-order valence-corrected chi connectivity index (χ0v) is 16.1. The van der Waals surface area contributed by atoms with E-state index in [0.717, 1.165) is 17.0 Å². The maximum atomic E-state index is 12.8. The van der Waals surface area contributed by atoms with Gasteiger partial charge in [0, 0.05) is 11.1 Å². The monoisotopic (exact) mass is 405 g/mol. The SMILES string of the molecule is CCC1(c2ccc(C(F)(F)F)cc2)C=C(C(=O)Oc2ccc(SC)cc2)C=N1. The van der Waals surface area contributed by atoms with E-state index in [0.29, 0.717) is 17.7 Å². The molecule has 0 bridgehead atoms. The Bertz CT molecular complexity index is 918. The van der Waals surface area contributed by atoms with Gasteiger partial charge in [-0.15, -0.1) is 11.8 Å². The van der Waals surface area contributed by atoms with Crippen LogP contribution in [0.4, 0.5) is 13.2 Å². The van der Waals surface area contributed by atoms with Gasteiger partial charge < -0.3 is 4.74 Å². The molecule has 1 aliphatic heterocycles. The molecular weight excluding hydrogens is 387 g/mol. The molecule has 0 aromatic heterocycles. The highest BCUT2D eigenvalue weighted by atomic mass is 32.2. The number of hydrogen-bond donors (Lipinski definition) is 0. The Hall–Kier alpha value is -2.54. The standard InChI is InChI=1S/C21H18F3NO2S/c1-3-20(15-4-6-16(7-5-15)21(22,23)24)12-14(13-25-20)19(26)27-17-8-10-18(28-2)11-9-17/h4-13H,3H2,1-2H3. The van der Waals surface area contributed by atoms with Crippen molar-refractivity contribution in [3.05, 3.63) is 71.3 Å². The molecule has 7 heteroatoms. The van der Waals surface area contributed by atoms with Crippen molar-refractivity contribution in [1.29, 1.82) is 0 Å². The first-order chi connectivity index (χ1) is 13.3. The van der Waals surface area contributed by atoms with Gasteiger partial charge in [0.1, 0.15) is 11.3 Å². The lowest BCUT2D eigenvalue weighted by Gasteiger charge is -2.23. The fourth-order valence-electron chi connectivity index (χ4n) is 2.94. The van der Waals surface area contributed by atoms with Crippen LogP contribution in [-0.2, 0) is 16.5 Å². The summed E-state index contributed by atoms with van der Waals surface area (Å²) in [6, 6.07) is 12.0. The summed E-state index contributed by atoms with van der Waals surface area (Å²) in [6.45, 7) is 1.86. The highest BCUT2D eigenvalue weighted by Crippen LogP contribution is 2.38. The van der Waals surface area contributed by atoms with Crippen molar-refractivity contribution >= 4 is 23.9 Å². The van der Waals surface area contributed by atoms with Crippen LogP contribution < -0.4 is 4.74 Å². The summed E-state index contributed by atoms with van der Waals surface area (Å²) in [5, 5.41) is 0. The van der Waals surface area contributed by atoms with Crippen molar-refractivity contribution in [3.63, 3.8) is 0 Å². The smallest absolute Gasteiger partial charge is 0.416 e. The van der Waals surface area contributed by atoms with Crippen molar-refractivity contribution in [1.82, 2.24) is 0 Å². The van der Waals surface area contributed by atoms with E-state index in [2.05, 4.69) is 4.99 Å². The Morgan fingerprint density at radius 3 is 2.29 bits per heavy atom. The molecule has 3 nitrogen and oxygen atoms in total. The van der Waals surface area contributed by atoms with Crippen molar-refractivity contribution in [2.24, 2.45) is 4.99 Å². The lowest BCUT2D eigenvalue weighted by molar-refractivity contribution is -0.137. The van der Waals surface area contributed by atoms with Crippen molar-refractivity contribution in [3.8, 4) is 5.75 Å². The number of esters is 1. The van der Waals surface area contributed by atoms with Crippen LogP contribution in [0.15, 0.2) is 70.1 Å². The number of carbonyl (C=O) groups is 1. The molecule has 1 heterocycles. The van der Waals surface area contributed by atoms with E-state index in [9.17, 15) is 18.0 Å². The minimum Gasteiger partial charge on any atom is -0.423 e. The van der Waals surface area contributed by atoms with E-state index >= 15 is 0 Å². The van der Waals surface area contributed by atoms with Gasteiger partial charge in [-0.1, -0.05) is 19.1 Å². The fraction of sp³-hybridized carbons (Fsp3) is 0.238. The molecule has 28 heavy (non-hydrogen) atoms. The Morgan fingerprint density at radius 1 is 1.11 bits per heavy atom. The molecule has 0 saturated carbocycles. The number of hydrogen-bond acceptors (Lipinski definition) is 4. The van der Waals surface area contributed by atoms with Crippen LogP contribution in [0.25, 0.3) is 0 Å². The van der Waals surface area contributed by atoms with Crippen LogP contribution in [0, 0.1) is 0 Å². The topological polar surface area (TPSA) is 38.7 Å². The number of halogens is 3. The van der Waals surface area contributed by atoms with Crippen molar-refractivity contribution in [2.75, 3.05) is 6.26 Å². The summed E-state index contributed by atoms with van der Waals surface area (Å²) < 4.78 is 43.8. The molecule has 2 aromatic rings.